The van der Waals surface area contributed by atoms with Gasteiger partial charge in [-0.3, -0.25) is 4.79 Å². The van der Waals surface area contributed by atoms with Gasteiger partial charge >= 0.3 is 11.9 Å². The number of carbonyl (C=O) groups excluding carboxylic acids is 2. The van der Waals surface area contributed by atoms with E-state index in [0.717, 1.165) is 12.8 Å². The molecule has 4 nitrogen and oxygen atoms in total. The van der Waals surface area contributed by atoms with Gasteiger partial charge in [-0.05, 0) is 39.5 Å². The molecule has 0 spiro atoms. The second kappa shape index (κ2) is 6.62. The third-order valence-corrected chi connectivity index (χ3v) is 2.20. The first-order valence-electron chi connectivity index (χ1n) is 6.12. The summed E-state index contributed by atoms with van der Waals surface area (Å²) in [6, 6.07) is 0. The Morgan fingerprint density at radius 1 is 1.24 bits per heavy atom. The van der Waals surface area contributed by atoms with Crippen LogP contribution < -0.4 is 0 Å². The van der Waals surface area contributed by atoms with E-state index in [2.05, 4.69) is 13.8 Å². The number of carbonyl (C=O) groups is 2. The summed E-state index contributed by atoms with van der Waals surface area (Å²) >= 11 is 0. The largest absolute Gasteiger partial charge is 0.453 e. The SMILES string of the molecule is CC(C)CCCN(C)C(=O)C(=O)OC(C)(C)C. The highest BCUT2D eigenvalue weighted by molar-refractivity contribution is 6.32. The molecule has 0 atom stereocenters. The molecule has 0 aliphatic carbocycles. The number of likely N-dealkylation sites (N-methyl/N-ethyl adjacent to an activating group) is 1. The average molecular weight is 243 g/mol. The summed E-state index contributed by atoms with van der Waals surface area (Å²) in [6.07, 6.45) is 1.95. The van der Waals surface area contributed by atoms with Crippen LogP contribution in [-0.4, -0.2) is 36.0 Å². The van der Waals surface area contributed by atoms with Gasteiger partial charge in [0, 0.05) is 13.6 Å². The zero-order valence-corrected chi connectivity index (χ0v) is 11.9. The van der Waals surface area contributed by atoms with Gasteiger partial charge in [0.15, 0.2) is 0 Å². The lowest BCUT2D eigenvalue weighted by Gasteiger charge is -2.22. The number of amides is 1. The molecule has 0 saturated heterocycles. The molecule has 0 aromatic carbocycles. The lowest BCUT2D eigenvalue weighted by molar-refractivity contribution is -0.167. The van der Waals surface area contributed by atoms with Gasteiger partial charge < -0.3 is 9.64 Å². The Hall–Kier alpha value is -1.06. The van der Waals surface area contributed by atoms with Crippen LogP contribution in [0.5, 0.6) is 0 Å². The predicted octanol–water partition coefficient (Wildman–Crippen LogP) is 2.22. The molecule has 0 aromatic rings. The number of esters is 1. The van der Waals surface area contributed by atoms with E-state index in [1.807, 2.05) is 0 Å². The molecule has 4 heteroatoms. The molecule has 0 heterocycles. The van der Waals surface area contributed by atoms with Gasteiger partial charge in [0.2, 0.25) is 0 Å². The van der Waals surface area contributed by atoms with Gasteiger partial charge in [0.05, 0.1) is 0 Å². The first kappa shape index (κ1) is 15.9. The first-order chi connectivity index (χ1) is 7.63. The van der Waals surface area contributed by atoms with Crippen molar-refractivity contribution in [3.05, 3.63) is 0 Å². The summed E-state index contributed by atoms with van der Waals surface area (Å²) in [5, 5.41) is 0. The Balaban J connectivity index is 4.08. The molecule has 0 N–H and O–H groups in total. The minimum absolute atomic E-state index is 0.566. The van der Waals surface area contributed by atoms with Crippen LogP contribution in [0.25, 0.3) is 0 Å². The quantitative estimate of drug-likeness (QED) is 0.562. The van der Waals surface area contributed by atoms with Crippen LogP contribution in [0.15, 0.2) is 0 Å². The fraction of sp³-hybridized carbons (Fsp3) is 0.846. The molecule has 0 bridgehead atoms. The highest BCUT2D eigenvalue weighted by Gasteiger charge is 2.25. The molecule has 0 saturated carbocycles. The van der Waals surface area contributed by atoms with Gasteiger partial charge in [0.1, 0.15) is 5.60 Å². The van der Waals surface area contributed by atoms with Crippen LogP contribution in [0.2, 0.25) is 0 Å². The topological polar surface area (TPSA) is 46.6 Å². The van der Waals surface area contributed by atoms with Crippen molar-refractivity contribution >= 4 is 11.9 Å². The van der Waals surface area contributed by atoms with Crippen molar-refractivity contribution in [1.82, 2.24) is 4.90 Å². The predicted molar refractivity (Wildman–Crippen MR) is 67.6 cm³/mol. The van der Waals surface area contributed by atoms with E-state index < -0.39 is 17.5 Å². The van der Waals surface area contributed by atoms with Crippen LogP contribution in [0.4, 0.5) is 0 Å². The maximum atomic E-state index is 11.6. The van der Waals surface area contributed by atoms with E-state index in [1.165, 1.54) is 4.90 Å². The summed E-state index contributed by atoms with van der Waals surface area (Å²) in [5.41, 5.74) is -0.620. The Morgan fingerprint density at radius 2 is 1.76 bits per heavy atom. The first-order valence-corrected chi connectivity index (χ1v) is 6.12. The summed E-state index contributed by atoms with van der Waals surface area (Å²) in [4.78, 5) is 24.6. The normalized spacial score (nSPS) is 11.5. The van der Waals surface area contributed by atoms with Crippen LogP contribution in [0, 0.1) is 5.92 Å². The zero-order chi connectivity index (χ0) is 13.6. The second-order valence-corrected chi connectivity index (χ2v) is 5.76. The Kier molecular flexibility index (Phi) is 6.21. The van der Waals surface area contributed by atoms with Gasteiger partial charge in [-0.15, -0.1) is 0 Å². The maximum Gasteiger partial charge on any atom is 0.397 e. The van der Waals surface area contributed by atoms with Gasteiger partial charge in [0.25, 0.3) is 0 Å². The Morgan fingerprint density at radius 3 is 2.18 bits per heavy atom. The smallest absolute Gasteiger partial charge is 0.397 e. The molecule has 0 radical (unpaired) electrons. The van der Waals surface area contributed by atoms with Gasteiger partial charge in [-0.25, -0.2) is 4.79 Å². The molecule has 0 aliphatic rings. The third kappa shape index (κ3) is 7.77. The summed E-state index contributed by atoms with van der Waals surface area (Å²) in [7, 11) is 1.63. The minimum Gasteiger partial charge on any atom is -0.453 e. The number of hydrogen-bond donors (Lipinski definition) is 0. The van der Waals surface area contributed by atoms with Crippen molar-refractivity contribution in [2.45, 2.75) is 53.1 Å². The lowest BCUT2D eigenvalue weighted by Crippen LogP contribution is -2.38. The van der Waals surface area contributed by atoms with Crippen molar-refractivity contribution in [2.75, 3.05) is 13.6 Å². The van der Waals surface area contributed by atoms with E-state index in [1.54, 1.807) is 27.8 Å². The highest BCUT2D eigenvalue weighted by atomic mass is 16.6. The molecular weight excluding hydrogens is 218 g/mol. The average Bonchev–Trinajstić information content (AvgIpc) is 2.13. The van der Waals surface area contributed by atoms with Crippen molar-refractivity contribution in [1.29, 1.82) is 0 Å². The molecule has 0 aromatic heterocycles. The standard InChI is InChI=1S/C13H25NO3/c1-10(2)8-7-9-14(6)11(15)12(16)17-13(3,4)5/h10H,7-9H2,1-6H3. The number of rotatable bonds is 4. The molecule has 0 aliphatic heterocycles. The monoisotopic (exact) mass is 243 g/mol. The van der Waals surface area contributed by atoms with Crippen molar-refractivity contribution < 1.29 is 14.3 Å². The number of ether oxygens (including phenoxy) is 1. The van der Waals surface area contributed by atoms with Gasteiger partial charge in [-0.1, -0.05) is 13.8 Å². The summed E-state index contributed by atoms with van der Waals surface area (Å²) in [5.74, 6) is -0.728. The van der Waals surface area contributed by atoms with E-state index in [0.29, 0.717) is 12.5 Å². The second-order valence-electron chi connectivity index (χ2n) is 5.76. The van der Waals surface area contributed by atoms with E-state index in [-0.39, 0.29) is 0 Å². The molecule has 100 valence electrons. The molecule has 0 unspecified atom stereocenters. The van der Waals surface area contributed by atoms with Crippen molar-refractivity contribution in [3.8, 4) is 0 Å². The van der Waals surface area contributed by atoms with E-state index >= 15 is 0 Å². The van der Waals surface area contributed by atoms with Crippen LogP contribution in [0.3, 0.4) is 0 Å². The van der Waals surface area contributed by atoms with Gasteiger partial charge in [-0.2, -0.15) is 0 Å². The zero-order valence-electron chi connectivity index (χ0n) is 11.9. The Labute approximate surface area is 104 Å². The highest BCUT2D eigenvalue weighted by Crippen LogP contribution is 2.09. The van der Waals surface area contributed by atoms with E-state index in [9.17, 15) is 9.59 Å². The van der Waals surface area contributed by atoms with Crippen LogP contribution in [-0.2, 0) is 14.3 Å². The van der Waals surface area contributed by atoms with Crippen LogP contribution >= 0.6 is 0 Å². The van der Waals surface area contributed by atoms with E-state index in [4.69, 9.17) is 4.74 Å². The molecular formula is C13H25NO3. The van der Waals surface area contributed by atoms with Crippen molar-refractivity contribution in [3.63, 3.8) is 0 Å². The minimum atomic E-state index is -0.774. The van der Waals surface area contributed by atoms with Crippen molar-refractivity contribution in [2.24, 2.45) is 5.92 Å². The molecule has 0 rings (SSSR count). The molecule has 17 heavy (non-hydrogen) atoms. The summed E-state index contributed by atoms with van der Waals surface area (Å²) in [6.45, 7) is 10.1. The maximum absolute atomic E-state index is 11.6. The fourth-order valence-electron chi connectivity index (χ4n) is 1.32. The summed E-state index contributed by atoms with van der Waals surface area (Å²) < 4.78 is 5.02. The van der Waals surface area contributed by atoms with Crippen LogP contribution in [0.1, 0.15) is 47.5 Å². The number of hydrogen-bond acceptors (Lipinski definition) is 3. The number of nitrogens with zero attached hydrogens (tertiary/aromatic N) is 1. The lowest BCUT2D eigenvalue weighted by atomic mass is 10.1. The molecule has 0 fully saturated rings. The third-order valence-electron chi connectivity index (χ3n) is 2.20. The Bertz CT molecular complexity index is 266. The fourth-order valence-corrected chi connectivity index (χ4v) is 1.32. The molecule has 1 amide bonds.